The summed E-state index contributed by atoms with van der Waals surface area (Å²) in [6, 6.07) is 5.38. The van der Waals surface area contributed by atoms with Crippen molar-refractivity contribution in [1.29, 1.82) is 5.26 Å². The zero-order valence-corrected chi connectivity index (χ0v) is 11.1. The number of hydrogen-bond acceptors (Lipinski definition) is 4. The van der Waals surface area contributed by atoms with Gasteiger partial charge in [-0.1, -0.05) is 25.4 Å². The van der Waals surface area contributed by atoms with Crippen LogP contribution in [0.3, 0.4) is 0 Å². The number of hydrogen-bond donors (Lipinski definition) is 1. The lowest BCUT2D eigenvalue weighted by Gasteiger charge is -2.14. The molecular weight excluding hydrogens is 252 g/mol. The standard InChI is InChI=1S/C13H15ClN2O2/c1-8(2)6-16-11(5-15)9-3-10(14)13-12(4-9)17-7-18-13/h3-4,8,11,16H,6-7H2,1-2H3. The molecule has 1 N–H and O–H groups in total. The van der Waals surface area contributed by atoms with E-state index in [1.165, 1.54) is 0 Å². The fourth-order valence-corrected chi connectivity index (χ4v) is 2.02. The van der Waals surface area contributed by atoms with Crippen molar-refractivity contribution >= 4 is 11.6 Å². The molecule has 0 amide bonds. The van der Waals surface area contributed by atoms with Crippen LogP contribution in [0.4, 0.5) is 0 Å². The van der Waals surface area contributed by atoms with E-state index in [9.17, 15) is 5.26 Å². The number of benzene rings is 1. The van der Waals surface area contributed by atoms with Crippen molar-refractivity contribution in [2.45, 2.75) is 19.9 Å². The number of halogens is 1. The Bertz CT molecular complexity index is 483. The van der Waals surface area contributed by atoms with Gasteiger partial charge in [0.2, 0.25) is 6.79 Å². The van der Waals surface area contributed by atoms with Crippen LogP contribution in [0.1, 0.15) is 25.5 Å². The highest BCUT2D eigenvalue weighted by Crippen LogP contribution is 2.40. The van der Waals surface area contributed by atoms with E-state index < -0.39 is 0 Å². The summed E-state index contributed by atoms with van der Waals surface area (Å²) in [6.07, 6.45) is 0. The maximum absolute atomic E-state index is 9.20. The first-order valence-corrected chi connectivity index (χ1v) is 6.21. The molecule has 0 fully saturated rings. The Morgan fingerprint density at radius 2 is 2.22 bits per heavy atom. The van der Waals surface area contributed by atoms with Crippen LogP contribution in [0.15, 0.2) is 12.1 Å². The molecule has 1 aliphatic heterocycles. The third kappa shape index (κ3) is 2.69. The highest BCUT2D eigenvalue weighted by atomic mass is 35.5. The van der Waals surface area contributed by atoms with Crippen molar-refractivity contribution in [1.82, 2.24) is 5.32 Å². The molecule has 96 valence electrons. The number of nitrogens with one attached hydrogen (secondary N) is 1. The number of fused-ring (bicyclic) bond motifs is 1. The van der Waals surface area contributed by atoms with E-state index in [0.29, 0.717) is 22.4 Å². The molecule has 4 nitrogen and oxygen atoms in total. The van der Waals surface area contributed by atoms with Crippen LogP contribution in [-0.2, 0) is 0 Å². The van der Waals surface area contributed by atoms with E-state index in [2.05, 4.69) is 25.2 Å². The number of nitrogens with zero attached hydrogens (tertiary/aromatic N) is 1. The van der Waals surface area contributed by atoms with Crippen LogP contribution < -0.4 is 14.8 Å². The molecule has 1 atom stereocenters. The maximum Gasteiger partial charge on any atom is 0.231 e. The Kier molecular flexibility index (Phi) is 3.95. The van der Waals surface area contributed by atoms with Gasteiger partial charge >= 0.3 is 0 Å². The van der Waals surface area contributed by atoms with Crippen LogP contribution >= 0.6 is 11.6 Å². The van der Waals surface area contributed by atoms with Crippen molar-refractivity contribution in [3.63, 3.8) is 0 Å². The molecule has 1 aromatic carbocycles. The minimum Gasteiger partial charge on any atom is -0.454 e. The van der Waals surface area contributed by atoms with Gasteiger partial charge in [0.25, 0.3) is 0 Å². The Morgan fingerprint density at radius 3 is 2.89 bits per heavy atom. The second-order valence-electron chi connectivity index (χ2n) is 4.60. The maximum atomic E-state index is 9.20. The monoisotopic (exact) mass is 266 g/mol. The molecule has 0 aliphatic carbocycles. The summed E-state index contributed by atoms with van der Waals surface area (Å²) < 4.78 is 10.5. The van der Waals surface area contributed by atoms with Crippen LogP contribution in [0.5, 0.6) is 11.5 Å². The smallest absolute Gasteiger partial charge is 0.231 e. The summed E-state index contributed by atoms with van der Waals surface area (Å²) in [5.41, 5.74) is 0.799. The predicted molar refractivity (Wildman–Crippen MR) is 68.8 cm³/mol. The quantitative estimate of drug-likeness (QED) is 0.910. The van der Waals surface area contributed by atoms with E-state index in [4.69, 9.17) is 21.1 Å². The first-order chi connectivity index (χ1) is 8.61. The van der Waals surface area contributed by atoms with Gasteiger partial charge < -0.3 is 9.47 Å². The number of rotatable bonds is 4. The van der Waals surface area contributed by atoms with Crippen molar-refractivity contribution in [3.05, 3.63) is 22.7 Å². The van der Waals surface area contributed by atoms with Crippen molar-refractivity contribution < 1.29 is 9.47 Å². The van der Waals surface area contributed by atoms with Gasteiger partial charge in [-0.05, 0) is 30.2 Å². The zero-order chi connectivity index (χ0) is 13.1. The van der Waals surface area contributed by atoms with E-state index >= 15 is 0 Å². The number of nitriles is 1. The summed E-state index contributed by atoms with van der Waals surface area (Å²) in [4.78, 5) is 0. The van der Waals surface area contributed by atoms with Crippen LogP contribution in [0, 0.1) is 17.2 Å². The summed E-state index contributed by atoms with van der Waals surface area (Å²) in [5, 5.41) is 12.9. The van der Waals surface area contributed by atoms with Crippen molar-refractivity contribution in [2.24, 2.45) is 5.92 Å². The highest BCUT2D eigenvalue weighted by molar-refractivity contribution is 6.32. The van der Waals surface area contributed by atoms with E-state index in [0.717, 1.165) is 12.1 Å². The molecule has 1 unspecified atom stereocenters. The molecule has 18 heavy (non-hydrogen) atoms. The molecule has 1 aromatic rings. The SMILES string of the molecule is CC(C)CNC(C#N)c1cc(Cl)c2c(c1)OCO2. The Morgan fingerprint density at radius 1 is 1.44 bits per heavy atom. The molecule has 0 radical (unpaired) electrons. The van der Waals surface area contributed by atoms with Gasteiger partial charge in [0, 0.05) is 0 Å². The van der Waals surface area contributed by atoms with Crippen molar-refractivity contribution in [3.8, 4) is 17.6 Å². The molecule has 0 spiro atoms. The normalized spacial score (nSPS) is 14.6. The lowest BCUT2D eigenvalue weighted by Crippen LogP contribution is -2.24. The molecule has 1 heterocycles. The minimum atomic E-state index is -0.389. The molecule has 5 heteroatoms. The molecule has 1 aliphatic rings. The van der Waals surface area contributed by atoms with Gasteiger partial charge in [-0.3, -0.25) is 5.32 Å². The second kappa shape index (κ2) is 5.47. The first-order valence-electron chi connectivity index (χ1n) is 5.84. The average molecular weight is 267 g/mol. The van der Waals surface area contributed by atoms with Gasteiger partial charge in [-0.15, -0.1) is 0 Å². The molecule has 0 bridgehead atoms. The summed E-state index contributed by atoms with van der Waals surface area (Å²) in [5.74, 6) is 1.63. The Balaban J connectivity index is 2.22. The Hall–Kier alpha value is -1.44. The largest absolute Gasteiger partial charge is 0.454 e. The van der Waals surface area contributed by atoms with Gasteiger partial charge in [0.05, 0.1) is 11.1 Å². The number of ether oxygens (including phenoxy) is 2. The Labute approximate surface area is 111 Å². The van der Waals surface area contributed by atoms with Crippen LogP contribution in [0.2, 0.25) is 5.02 Å². The fraction of sp³-hybridized carbons (Fsp3) is 0.462. The zero-order valence-electron chi connectivity index (χ0n) is 10.4. The van der Waals surface area contributed by atoms with Gasteiger partial charge in [0.15, 0.2) is 11.5 Å². The minimum absolute atomic E-state index is 0.176. The lowest BCUT2D eigenvalue weighted by molar-refractivity contribution is 0.174. The topological polar surface area (TPSA) is 54.3 Å². The molecule has 2 rings (SSSR count). The van der Waals surface area contributed by atoms with E-state index in [1.807, 2.05) is 0 Å². The average Bonchev–Trinajstić information content (AvgIpc) is 2.78. The van der Waals surface area contributed by atoms with Crippen molar-refractivity contribution in [2.75, 3.05) is 13.3 Å². The highest BCUT2D eigenvalue weighted by Gasteiger charge is 2.21. The van der Waals surface area contributed by atoms with Gasteiger partial charge in [0.1, 0.15) is 6.04 Å². The molecular formula is C13H15ClN2O2. The molecule has 0 saturated heterocycles. The summed E-state index contributed by atoms with van der Waals surface area (Å²) in [6.45, 7) is 5.13. The fourth-order valence-electron chi connectivity index (χ4n) is 1.75. The van der Waals surface area contributed by atoms with Gasteiger partial charge in [-0.2, -0.15) is 5.26 Å². The third-order valence-corrected chi connectivity index (χ3v) is 2.92. The molecule has 0 aromatic heterocycles. The first kappa shape index (κ1) is 13.0. The van der Waals surface area contributed by atoms with Crippen LogP contribution in [0.25, 0.3) is 0 Å². The van der Waals surface area contributed by atoms with E-state index in [-0.39, 0.29) is 12.8 Å². The van der Waals surface area contributed by atoms with Gasteiger partial charge in [-0.25, -0.2) is 0 Å². The second-order valence-corrected chi connectivity index (χ2v) is 5.01. The summed E-state index contributed by atoms with van der Waals surface area (Å²) in [7, 11) is 0. The van der Waals surface area contributed by atoms with E-state index in [1.54, 1.807) is 12.1 Å². The third-order valence-electron chi connectivity index (χ3n) is 2.64. The predicted octanol–water partition coefficient (Wildman–Crippen LogP) is 2.88. The lowest BCUT2D eigenvalue weighted by atomic mass is 10.1. The molecule has 0 saturated carbocycles. The van der Waals surface area contributed by atoms with Crippen LogP contribution in [-0.4, -0.2) is 13.3 Å². The summed E-state index contributed by atoms with van der Waals surface area (Å²) >= 11 is 6.10.